The van der Waals surface area contributed by atoms with Crippen molar-refractivity contribution >= 4 is 17.5 Å². The van der Waals surface area contributed by atoms with E-state index in [9.17, 15) is 9.59 Å². The average Bonchev–Trinajstić information content (AvgIpc) is 2.38. The van der Waals surface area contributed by atoms with Gasteiger partial charge in [-0.15, -0.1) is 0 Å². The van der Waals surface area contributed by atoms with E-state index < -0.39 is 6.04 Å². The van der Waals surface area contributed by atoms with Crippen LogP contribution in [0.1, 0.15) is 26.0 Å². The monoisotopic (exact) mass is 264 g/mol. The van der Waals surface area contributed by atoms with E-state index in [1.54, 1.807) is 19.1 Å². The topological polar surface area (TPSA) is 97.1 Å². The van der Waals surface area contributed by atoms with E-state index in [0.717, 1.165) is 6.42 Å². The normalized spacial score (nSPS) is 11.7. The fourth-order valence-corrected chi connectivity index (χ4v) is 1.46. The van der Waals surface area contributed by atoms with Gasteiger partial charge in [0.05, 0.1) is 18.3 Å². The molecule has 1 unspecified atom stereocenters. The summed E-state index contributed by atoms with van der Waals surface area (Å²) in [4.78, 5) is 27.3. The molecule has 1 atom stereocenters. The first-order chi connectivity index (χ1) is 9.02. The van der Waals surface area contributed by atoms with Crippen LogP contribution in [0.4, 0.5) is 5.69 Å². The average molecular weight is 264 g/mol. The molecule has 6 nitrogen and oxygen atoms in total. The molecule has 0 aromatic carbocycles. The van der Waals surface area contributed by atoms with Crippen molar-refractivity contribution in [1.29, 1.82) is 0 Å². The number of nitrogen functional groups attached to an aromatic ring is 1. The number of aromatic nitrogens is 1. The van der Waals surface area contributed by atoms with Crippen molar-refractivity contribution in [2.24, 2.45) is 0 Å². The molecule has 0 saturated heterocycles. The third-order valence-electron chi connectivity index (χ3n) is 2.51. The highest BCUT2D eigenvalue weighted by molar-refractivity contribution is 5.87. The highest BCUT2D eigenvalue weighted by atomic mass is 16.2. The molecule has 6 heteroatoms. The molecule has 0 aliphatic heterocycles. The second-order valence-corrected chi connectivity index (χ2v) is 4.34. The molecule has 0 aliphatic rings. The number of nitrogens with zero attached hydrogens (tertiary/aromatic N) is 1. The molecule has 4 N–H and O–H groups in total. The van der Waals surface area contributed by atoms with Crippen molar-refractivity contribution in [2.45, 2.75) is 32.7 Å². The van der Waals surface area contributed by atoms with Crippen LogP contribution >= 0.6 is 0 Å². The Morgan fingerprint density at radius 2 is 2.16 bits per heavy atom. The molecule has 1 rings (SSSR count). The summed E-state index contributed by atoms with van der Waals surface area (Å²) in [6.45, 7) is 4.23. The lowest BCUT2D eigenvalue weighted by Gasteiger charge is -2.13. The van der Waals surface area contributed by atoms with Gasteiger partial charge in [0.15, 0.2) is 0 Å². The van der Waals surface area contributed by atoms with Gasteiger partial charge in [0, 0.05) is 12.2 Å². The van der Waals surface area contributed by atoms with Gasteiger partial charge in [0.25, 0.3) is 0 Å². The largest absolute Gasteiger partial charge is 0.397 e. The number of carbonyl (C=O) groups is 2. The van der Waals surface area contributed by atoms with Gasteiger partial charge in [-0.05, 0) is 25.5 Å². The van der Waals surface area contributed by atoms with Crippen LogP contribution in [-0.4, -0.2) is 29.4 Å². The van der Waals surface area contributed by atoms with Crippen molar-refractivity contribution in [1.82, 2.24) is 15.6 Å². The summed E-state index contributed by atoms with van der Waals surface area (Å²) in [5.74, 6) is -0.420. The minimum absolute atomic E-state index is 0.131. The highest BCUT2D eigenvalue weighted by Gasteiger charge is 2.15. The molecule has 104 valence electrons. The standard InChI is InChI=1S/C13H20N4O2/c1-3-6-15-13(19)9(2)17-12(18)7-11-5-4-10(14)8-16-11/h4-5,8-9H,3,6-7,14H2,1-2H3,(H,15,19)(H,17,18). The van der Waals surface area contributed by atoms with Crippen molar-refractivity contribution in [3.05, 3.63) is 24.0 Å². The van der Waals surface area contributed by atoms with Crippen LogP contribution in [0.5, 0.6) is 0 Å². The number of anilines is 1. The first-order valence-corrected chi connectivity index (χ1v) is 6.30. The maximum Gasteiger partial charge on any atom is 0.242 e. The van der Waals surface area contributed by atoms with Crippen molar-refractivity contribution in [3.63, 3.8) is 0 Å². The minimum Gasteiger partial charge on any atom is -0.397 e. The van der Waals surface area contributed by atoms with E-state index in [-0.39, 0.29) is 18.2 Å². The van der Waals surface area contributed by atoms with Gasteiger partial charge in [0.2, 0.25) is 11.8 Å². The molecule has 0 spiro atoms. The summed E-state index contributed by atoms with van der Waals surface area (Å²) >= 11 is 0. The molecule has 2 amide bonds. The summed E-state index contributed by atoms with van der Waals surface area (Å²) in [5, 5.41) is 5.35. The van der Waals surface area contributed by atoms with Crippen LogP contribution in [0.2, 0.25) is 0 Å². The van der Waals surface area contributed by atoms with Crippen molar-refractivity contribution in [2.75, 3.05) is 12.3 Å². The van der Waals surface area contributed by atoms with Crippen LogP contribution in [-0.2, 0) is 16.0 Å². The Morgan fingerprint density at radius 1 is 1.42 bits per heavy atom. The second-order valence-electron chi connectivity index (χ2n) is 4.34. The van der Waals surface area contributed by atoms with Crippen LogP contribution in [0, 0.1) is 0 Å². The number of carbonyl (C=O) groups excluding carboxylic acids is 2. The number of rotatable bonds is 6. The quantitative estimate of drug-likeness (QED) is 0.685. The molecule has 0 aliphatic carbocycles. The molecular weight excluding hydrogens is 244 g/mol. The first kappa shape index (κ1) is 14.9. The van der Waals surface area contributed by atoms with Gasteiger partial charge >= 0.3 is 0 Å². The van der Waals surface area contributed by atoms with E-state index in [1.807, 2.05) is 6.92 Å². The van der Waals surface area contributed by atoms with Crippen molar-refractivity contribution in [3.8, 4) is 0 Å². The highest BCUT2D eigenvalue weighted by Crippen LogP contribution is 2.01. The Hall–Kier alpha value is -2.11. The van der Waals surface area contributed by atoms with Gasteiger partial charge in [-0.2, -0.15) is 0 Å². The Morgan fingerprint density at radius 3 is 2.74 bits per heavy atom. The van der Waals surface area contributed by atoms with Crippen LogP contribution in [0.3, 0.4) is 0 Å². The van der Waals surface area contributed by atoms with Gasteiger partial charge < -0.3 is 16.4 Å². The number of pyridine rings is 1. The van der Waals surface area contributed by atoms with E-state index in [1.165, 1.54) is 6.20 Å². The molecule has 19 heavy (non-hydrogen) atoms. The number of nitrogens with one attached hydrogen (secondary N) is 2. The molecule has 0 saturated carbocycles. The predicted molar refractivity (Wildman–Crippen MR) is 73.3 cm³/mol. The zero-order valence-corrected chi connectivity index (χ0v) is 11.3. The zero-order valence-electron chi connectivity index (χ0n) is 11.3. The van der Waals surface area contributed by atoms with Gasteiger partial charge in [0.1, 0.15) is 6.04 Å². The maximum atomic E-state index is 11.7. The van der Waals surface area contributed by atoms with Gasteiger partial charge in [-0.1, -0.05) is 6.92 Å². The lowest BCUT2D eigenvalue weighted by Crippen LogP contribution is -2.45. The summed E-state index contributed by atoms with van der Waals surface area (Å²) in [6, 6.07) is 2.83. The summed E-state index contributed by atoms with van der Waals surface area (Å²) < 4.78 is 0. The Labute approximate surface area is 112 Å². The lowest BCUT2D eigenvalue weighted by molar-refractivity contribution is -0.128. The summed E-state index contributed by atoms with van der Waals surface area (Å²) in [5.41, 5.74) is 6.68. The fourth-order valence-electron chi connectivity index (χ4n) is 1.46. The van der Waals surface area contributed by atoms with Crippen LogP contribution in [0.15, 0.2) is 18.3 Å². The summed E-state index contributed by atoms with van der Waals surface area (Å²) in [7, 11) is 0. The number of amides is 2. The van der Waals surface area contributed by atoms with Crippen LogP contribution < -0.4 is 16.4 Å². The Bertz CT molecular complexity index is 431. The fraction of sp³-hybridized carbons (Fsp3) is 0.462. The lowest BCUT2D eigenvalue weighted by atomic mass is 10.2. The molecule has 0 bridgehead atoms. The zero-order chi connectivity index (χ0) is 14.3. The molecule has 0 fully saturated rings. The molecule has 1 heterocycles. The number of hydrogen-bond acceptors (Lipinski definition) is 4. The molecule has 0 radical (unpaired) electrons. The third kappa shape index (κ3) is 5.37. The minimum atomic E-state index is -0.548. The Kier molecular flexibility index (Phi) is 5.78. The van der Waals surface area contributed by atoms with E-state index in [2.05, 4.69) is 15.6 Å². The SMILES string of the molecule is CCCNC(=O)C(C)NC(=O)Cc1ccc(N)cn1. The van der Waals surface area contributed by atoms with Crippen molar-refractivity contribution < 1.29 is 9.59 Å². The van der Waals surface area contributed by atoms with E-state index in [4.69, 9.17) is 5.73 Å². The molecule has 1 aromatic rings. The van der Waals surface area contributed by atoms with Gasteiger partial charge in [-0.3, -0.25) is 14.6 Å². The van der Waals surface area contributed by atoms with E-state index >= 15 is 0 Å². The van der Waals surface area contributed by atoms with E-state index in [0.29, 0.717) is 17.9 Å². The smallest absolute Gasteiger partial charge is 0.242 e. The maximum absolute atomic E-state index is 11.7. The van der Waals surface area contributed by atoms with Gasteiger partial charge in [-0.25, -0.2) is 0 Å². The Balaban J connectivity index is 2.42. The number of nitrogens with two attached hydrogens (primary N) is 1. The third-order valence-corrected chi connectivity index (χ3v) is 2.51. The second kappa shape index (κ2) is 7.35. The number of hydrogen-bond donors (Lipinski definition) is 3. The molecular formula is C13H20N4O2. The predicted octanol–water partition coefficient (Wildman–Crippen LogP) is 0.237. The van der Waals surface area contributed by atoms with Crippen LogP contribution in [0.25, 0.3) is 0 Å². The molecule has 1 aromatic heterocycles. The first-order valence-electron chi connectivity index (χ1n) is 6.30. The summed E-state index contributed by atoms with van der Waals surface area (Å²) in [6.07, 6.45) is 2.49.